The number of cyclic esters (lactones) is 1. The number of sulfonamides is 1. The van der Waals surface area contributed by atoms with Gasteiger partial charge in [-0.25, -0.2) is 22.9 Å². The summed E-state index contributed by atoms with van der Waals surface area (Å²) < 4.78 is 35.3. The molecule has 0 fully saturated rings. The van der Waals surface area contributed by atoms with E-state index in [0.717, 1.165) is 5.56 Å². The Balaban J connectivity index is 1.90. The van der Waals surface area contributed by atoms with E-state index in [1.54, 1.807) is 48.5 Å². The van der Waals surface area contributed by atoms with Crippen LogP contribution in [0.3, 0.4) is 0 Å². The van der Waals surface area contributed by atoms with E-state index in [9.17, 15) is 13.2 Å². The number of esters is 1. The minimum Gasteiger partial charge on any atom is -0.405 e. The summed E-state index contributed by atoms with van der Waals surface area (Å²) in [5.41, 5.74) is 0.409. The van der Waals surface area contributed by atoms with Crippen molar-refractivity contribution >= 4 is 33.5 Å². The predicted octanol–water partition coefficient (Wildman–Crippen LogP) is 5.07. The number of benzene rings is 3. The molecule has 1 aliphatic rings. The molecule has 0 radical (unpaired) electrons. The van der Waals surface area contributed by atoms with Gasteiger partial charge in [-0.15, -0.1) is 0 Å². The van der Waals surface area contributed by atoms with E-state index in [1.807, 2.05) is 39.0 Å². The lowest BCUT2D eigenvalue weighted by atomic mass is 9.77. The van der Waals surface area contributed by atoms with Crippen molar-refractivity contribution in [2.24, 2.45) is 10.9 Å². The molecule has 0 saturated heterocycles. The van der Waals surface area contributed by atoms with Crippen molar-refractivity contribution in [2.75, 3.05) is 0 Å². The number of hydrogen-bond donors (Lipinski definition) is 1. The maximum absolute atomic E-state index is 13.5. The highest BCUT2D eigenvalue weighted by Crippen LogP contribution is 2.44. The molecule has 3 aromatic rings. The molecule has 176 valence electrons. The van der Waals surface area contributed by atoms with Gasteiger partial charge in [0.1, 0.15) is 0 Å². The summed E-state index contributed by atoms with van der Waals surface area (Å²) in [4.78, 5) is 18.3. The Hall–Kier alpha value is -3.00. The lowest BCUT2D eigenvalue weighted by Crippen LogP contribution is -2.52. The summed E-state index contributed by atoms with van der Waals surface area (Å²) in [5.74, 6) is -0.924. The largest absolute Gasteiger partial charge is 0.405 e. The molecular formula is C26H25ClN2O4S. The lowest BCUT2D eigenvalue weighted by molar-refractivity contribution is -0.141. The zero-order valence-corrected chi connectivity index (χ0v) is 20.6. The molecule has 34 heavy (non-hydrogen) atoms. The molecule has 1 N–H and O–H groups in total. The van der Waals surface area contributed by atoms with E-state index in [2.05, 4.69) is 4.72 Å². The fourth-order valence-electron chi connectivity index (χ4n) is 4.03. The highest BCUT2D eigenvalue weighted by molar-refractivity contribution is 7.89. The summed E-state index contributed by atoms with van der Waals surface area (Å²) >= 11 is 6.53. The van der Waals surface area contributed by atoms with Crippen LogP contribution in [0.2, 0.25) is 5.02 Å². The maximum atomic E-state index is 13.5. The van der Waals surface area contributed by atoms with Crippen LogP contribution < -0.4 is 4.72 Å². The van der Waals surface area contributed by atoms with Crippen molar-refractivity contribution in [3.8, 4) is 0 Å². The molecular weight excluding hydrogens is 472 g/mol. The number of nitrogens with zero attached hydrogens (tertiary/aromatic N) is 1. The van der Waals surface area contributed by atoms with E-state index in [0.29, 0.717) is 16.1 Å². The van der Waals surface area contributed by atoms with Crippen molar-refractivity contribution < 1.29 is 17.9 Å². The number of hydrogen-bond acceptors (Lipinski definition) is 5. The topological polar surface area (TPSA) is 84.8 Å². The first-order valence-electron chi connectivity index (χ1n) is 10.9. The van der Waals surface area contributed by atoms with Gasteiger partial charge in [0.2, 0.25) is 15.9 Å². The van der Waals surface area contributed by atoms with Gasteiger partial charge >= 0.3 is 5.97 Å². The SMILES string of the molecule is Cc1ccc(S(=O)(=O)N[C@@H](c2ccccc2Cl)[C@@]2(C(C)C)N=C(c3ccccc3)OC2=O)cc1. The molecule has 3 aromatic carbocycles. The Morgan fingerprint density at radius 2 is 1.56 bits per heavy atom. The van der Waals surface area contributed by atoms with Gasteiger partial charge in [-0.05, 0) is 48.7 Å². The number of halogens is 1. The third-order valence-electron chi connectivity index (χ3n) is 5.96. The van der Waals surface area contributed by atoms with Crippen LogP contribution in [-0.2, 0) is 19.6 Å². The van der Waals surface area contributed by atoms with Crippen molar-refractivity contribution in [3.63, 3.8) is 0 Å². The van der Waals surface area contributed by atoms with E-state index >= 15 is 0 Å². The average Bonchev–Trinajstić information content (AvgIpc) is 3.17. The van der Waals surface area contributed by atoms with Gasteiger partial charge in [0.05, 0.1) is 10.9 Å². The zero-order chi connectivity index (χ0) is 24.5. The normalized spacial score (nSPS) is 19.1. The second-order valence-electron chi connectivity index (χ2n) is 8.54. The summed E-state index contributed by atoms with van der Waals surface area (Å²) in [5, 5.41) is 0.315. The first-order chi connectivity index (χ1) is 16.1. The minimum atomic E-state index is -4.04. The van der Waals surface area contributed by atoms with Crippen LogP contribution >= 0.6 is 11.6 Å². The molecule has 1 heterocycles. The Kier molecular flexibility index (Phi) is 6.62. The summed E-state index contributed by atoms with van der Waals surface area (Å²) in [6.07, 6.45) is 0. The van der Waals surface area contributed by atoms with Crippen LogP contribution in [0.5, 0.6) is 0 Å². The van der Waals surface area contributed by atoms with E-state index in [-0.39, 0.29) is 10.8 Å². The Bertz CT molecular complexity index is 1340. The van der Waals surface area contributed by atoms with Crippen molar-refractivity contribution in [3.05, 3.63) is 101 Å². The quantitative estimate of drug-likeness (QED) is 0.463. The molecule has 0 saturated carbocycles. The number of carbonyl (C=O) groups excluding carboxylic acids is 1. The zero-order valence-electron chi connectivity index (χ0n) is 19.0. The van der Waals surface area contributed by atoms with Gasteiger partial charge in [-0.1, -0.05) is 79.5 Å². The number of aryl methyl sites for hydroxylation is 1. The van der Waals surface area contributed by atoms with E-state index < -0.39 is 33.5 Å². The maximum Gasteiger partial charge on any atom is 0.343 e. The molecule has 0 aromatic heterocycles. The fraction of sp³-hybridized carbons (Fsp3) is 0.231. The predicted molar refractivity (Wildman–Crippen MR) is 132 cm³/mol. The molecule has 0 spiro atoms. The Labute approximate surface area is 204 Å². The Morgan fingerprint density at radius 3 is 2.18 bits per heavy atom. The molecule has 0 bridgehead atoms. The van der Waals surface area contributed by atoms with Crippen molar-refractivity contribution in [2.45, 2.75) is 37.2 Å². The van der Waals surface area contributed by atoms with Gasteiger partial charge in [0.25, 0.3) is 0 Å². The number of aliphatic imine (C=N–C) groups is 1. The van der Waals surface area contributed by atoms with Crippen LogP contribution in [0.15, 0.2) is 88.8 Å². The number of carbonyl (C=O) groups is 1. The second-order valence-corrected chi connectivity index (χ2v) is 10.7. The molecule has 1 aliphatic heterocycles. The van der Waals surface area contributed by atoms with Crippen molar-refractivity contribution in [1.29, 1.82) is 0 Å². The van der Waals surface area contributed by atoms with Gasteiger partial charge in [0.15, 0.2) is 5.54 Å². The van der Waals surface area contributed by atoms with Crippen LogP contribution in [-0.4, -0.2) is 25.8 Å². The van der Waals surface area contributed by atoms with Crippen LogP contribution in [0.4, 0.5) is 0 Å². The monoisotopic (exact) mass is 496 g/mol. The standard InChI is InChI=1S/C26H25ClN2O4S/c1-17(2)26(25(30)33-24(28-26)19-9-5-4-6-10-19)23(21-11-7-8-12-22(21)27)29-34(31,32)20-15-13-18(3)14-16-20/h4-17,23,29H,1-3H3/t23-,26+/m0/s1. The fourth-order valence-corrected chi connectivity index (χ4v) is 5.52. The van der Waals surface area contributed by atoms with Gasteiger partial charge in [0, 0.05) is 10.6 Å². The Morgan fingerprint density at radius 1 is 0.941 bits per heavy atom. The summed E-state index contributed by atoms with van der Waals surface area (Å²) in [6, 6.07) is 21.2. The highest BCUT2D eigenvalue weighted by Gasteiger charge is 2.56. The van der Waals surface area contributed by atoms with E-state index in [4.69, 9.17) is 21.3 Å². The van der Waals surface area contributed by atoms with E-state index in [1.165, 1.54) is 12.1 Å². The van der Waals surface area contributed by atoms with Gasteiger partial charge in [-0.2, -0.15) is 0 Å². The van der Waals surface area contributed by atoms with Gasteiger partial charge in [-0.3, -0.25) is 0 Å². The first kappa shape index (κ1) is 24.1. The molecule has 4 rings (SSSR count). The van der Waals surface area contributed by atoms with Crippen LogP contribution in [0.1, 0.15) is 36.6 Å². The second kappa shape index (κ2) is 9.33. The molecule has 0 unspecified atom stereocenters. The van der Waals surface area contributed by atoms with Crippen LogP contribution in [0.25, 0.3) is 0 Å². The molecule has 6 nitrogen and oxygen atoms in total. The van der Waals surface area contributed by atoms with Gasteiger partial charge < -0.3 is 4.74 Å². The number of ether oxygens (including phenoxy) is 1. The average molecular weight is 497 g/mol. The molecule has 0 aliphatic carbocycles. The highest BCUT2D eigenvalue weighted by atomic mass is 35.5. The lowest BCUT2D eigenvalue weighted by Gasteiger charge is -2.35. The smallest absolute Gasteiger partial charge is 0.343 e. The first-order valence-corrected chi connectivity index (χ1v) is 12.7. The van der Waals surface area contributed by atoms with Crippen LogP contribution in [0, 0.1) is 12.8 Å². The number of rotatable bonds is 7. The molecule has 0 amide bonds. The summed E-state index contributed by atoms with van der Waals surface area (Å²) in [6.45, 7) is 5.49. The number of nitrogens with one attached hydrogen (secondary N) is 1. The summed E-state index contributed by atoms with van der Waals surface area (Å²) in [7, 11) is -4.04. The molecule has 8 heteroatoms. The minimum absolute atomic E-state index is 0.0766. The molecule has 2 atom stereocenters. The third-order valence-corrected chi connectivity index (χ3v) is 7.75. The van der Waals surface area contributed by atoms with Crippen molar-refractivity contribution in [1.82, 2.24) is 4.72 Å². The third kappa shape index (κ3) is 4.39.